The number of unbranched alkanes of at least 4 members (excludes halogenated alkanes) is 1. The van der Waals surface area contributed by atoms with Crippen molar-refractivity contribution in [1.29, 1.82) is 0 Å². The summed E-state index contributed by atoms with van der Waals surface area (Å²) in [5.41, 5.74) is 4.04. The third-order valence-electron chi connectivity index (χ3n) is 6.30. The number of anilines is 1. The Morgan fingerprint density at radius 2 is 2.03 bits per heavy atom. The van der Waals surface area contributed by atoms with Crippen molar-refractivity contribution >= 4 is 11.6 Å². The molecule has 3 aromatic rings. The largest absolute Gasteiger partial charge is 0.497 e. The van der Waals surface area contributed by atoms with Crippen LogP contribution in [-0.4, -0.2) is 41.0 Å². The second-order valence-corrected chi connectivity index (χ2v) is 8.80. The SMILES string of the molecule is CCCCc1ncc(CN2CCC[C@@H](C(=O)Nc3ccccc3-c3ccc(OC)cc3)C2)[nH]1. The molecule has 0 aliphatic carbocycles. The molecule has 0 unspecified atom stereocenters. The van der Waals surface area contributed by atoms with Crippen LogP contribution in [0.4, 0.5) is 5.69 Å². The second-order valence-electron chi connectivity index (χ2n) is 8.80. The number of H-pyrrole nitrogens is 1. The highest BCUT2D eigenvalue weighted by molar-refractivity contribution is 5.97. The normalized spacial score (nSPS) is 16.5. The van der Waals surface area contributed by atoms with Crippen molar-refractivity contribution < 1.29 is 9.53 Å². The molecule has 6 heteroatoms. The van der Waals surface area contributed by atoms with E-state index in [1.54, 1.807) is 7.11 Å². The van der Waals surface area contributed by atoms with Gasteiger partial charge in [-0.25, -0.2) is 4.98 Å². The molecule has 2 N–H and O–H groups in total. The maximum atomic E-state index is 13.2. The van der Waals surface area contributed by atoms with Crippen LogP contribution in [0.5, 0.6) is 5.75 Å². The lowest BCUT2D eigenvalue weighted by molar-refractivity contribution is -0.121. The molecule has 1 aliphatic rings. The number of hydrogen-bond acceptors (Lipinski definition) is 4. The molecule has 0 radical (unpaired) electrons. The van der Waals surface area contributed by atoms with E-state index in [1.165, 1.54) is 6.42 Å². The summed E-state index contributed by atoms with van der Waals surface area (Å²) in [6.45, 7) is 4.78. The molecule has 0 saturated carbocycles. The van der Waals surface area contributed by atoms with E-state index in [1.807, 2.05) is 54.7 Å². The topological polar surface area (TPSA) is 70.2 Å². The molecule has 1 atom stereocenters. The van der Waals surface area contributed by atoms with Crippen LogP contribution < -0.4 is 10.1 Å². The molecule has 1 fully saturated rings. The van der Waals surface area contributed by atoms with Crippen LogP contribution in [0.2, 0.25) is 0 Å². The monoisotopic (exact) mass is 446 g/mol. The van der Waals surface area contributed by atoms with E-state index in [4.69, 9.17) is 4.74 Å². The Morgan fingerprint density at radius 1 is 1.21 bits per heavy atom. The molecule has 4 rings (SSSR count). The molecular weight excluding hydrogens is 412 g/mol. The summed E-state index contributed by atoms with van der Waals surface area (Å²) in [6, 6.07) is 15.9. The van der Waals surface area contributed by atoms with Gasteiger partial charge in [-0.2, -0.15) is 0 Å². The quantitative estimate of drug-likeness (QED) is 0.469. The van der Waals surface area contributed by atoms with Crippen LogP contribution >= 0.6 is 0 Å². The third kappa shape index (κ3) is 6.02. The molecule has 1 amide bonds. The average molecular weight is 447 g/mol. The van der Waals surface area contributed by atoms with Crippen molar-refractivity contribution in [2.45, 2.75) is 45.6 Å². The second kappa shape index (κ2) is 11.1. The van der Waals surface area contributed by atoms with Crippen molar-refractivity contribution in [2.24, 2.45) is 5.92 Å². The van der Waals surface area contributed by atoms with E-state index < -0.39 is 0 Å². The smallest absolute Gasteiger partial charge is 0.228 e. The van der Waals surface area contributed by atoms with Crippen molar-refractivity contribution in [1.82, 2.24) is 14.9 Å². The Kier molecular flexibility index (Phi) is 7.79. The Bertz CT molecular complexity index is 1040. The minimum atomic E-state index is -0.0230. The zero-order valence-electron chi connectivity index (χ0n) is 19.6. The molecular formula is C27H34N4O2. The number of benzene rings is 2. The number of aromatic nitrogens is 2. The van der Waals surface area contributed by atoms with Crippen LogP contribution in [-0.2, 0) is 17.8 Å². The lowest BCUT2D eigenvalue weighted by Gasteiger charge is -2.31. The van der Waals surface area contributed by atoms with Crippen LogP contribution in [0, 0.1) is 5.92 Å². The van der Waals surface area contributed by atoms with Crippen molar-refractivity contribution in [3.05, 3.63) is 66.2 Å². The number of rotatable bonds is 9. The average Bonchev–Trinajstić information content (AvgIpc) is 3.30. The molecule has 2 aromatic carbocycles. The van der Waals surface area contributed by atoms with Gasteiger partial charge in [-0.05, 0) is 49.6 Å². The number of amides is 1. The summed E-state index contributed by atoms with van der Waals surface area (Å²) < 4.78 is 5.27. The number of nitrogens with zero attached hydrogens (tertiary/aromatic N) is 2. The molecule has 33 heavy (non-hydrogen) atoms. The van der Waals surface area contributed by atoms with E-state index in [9.17, 15) is 4.79 Å². The van der Waals surface area contributed by atoms with Crippen molar-refractivity contribution in [2.75, 3.05) is 25.5 Å². The minimum absolute atomic E-state index is 0.0230. The molecule has 2 heterocycles. The van der Waals surface area contributed by atoms with Gasteiger partial charge in [-0.1, -0.05) is 43.7 Å². The maximum Gasteiger partial charge on any atom is 0.228 e. The predicted octanol–water partition coefficient (Wildman–Crippen LogP) is 5.28. The van der Waals surface area contributed by atoms with Crippen molar-refractivity contribution in [3.63, 3.8) is 0 Å². The number of aryl methyl sites for hydroxylation is 1. The van der Waals surface area contributed by atoms with Gasteiger partial charge in [-0.15, -0.1) is 0 Å². The molecule has 1 aromatic heterocycles. The molecule has 0 spiro atoms. The number of nitrogens with one attached hydrogen (secondary N) is 2. The lowest BCUT2D eigenvalue weighted by Crippen LogP contribution is -2.40. The number of carbonyl (C=O) groups excluding carboxylic acids is 1. The highest BCUT2D eigenvalue weighted by Crippen LogP contribution is 2.30. The number of imidazole rings is 1. The summed E-state index contributed by atoms with van der Waals surface area (Å²) >= 11 is 0. The highest BCUT2D eigenvalue weighted by atomic mass is 16.5. The van der Waals surface area contributed by atoms with Crippen LogP contribution in [0.15, 0.2) is 54.7 Å². The fraction of sp³-hybridized carbons (Fsp3) is 0.407. The third-order valence-corrected chi connectivity index (χ3v) is 6.30. The zero-order chi connectivity index (χ0) is 23.0. The Hall–Kier alpha value is -3.12. The number of piperidine rings is 1. The Balaban J connectivity index is 1.39. The molecule has 174 valence electrons. The van der Waals surface area contributed by atoms with E-state index in [0.717, 1.165) is 79.4 Å². The maximum absolute atomic E-state index is 13.2. The van der Waals surface area contributed by atoms with Gasteiger partial charge in [0.15, 0.2) is 0 Å². The van der Waals surface area contributed by atoms with Crippen LogP contribution in [0.3, 0.4) is 0 Å². The fourth-order valence-corrected chi connectivity index (χ4v) is 4.46. The molecule has 6 nitrogen and oxygen atoms in total. The molecule has 1 aliphatic heterocycles. The van der Waals surface area contributed by atoms with Crippen molar-refractivity contribution in [3.8, 4) is 16.9 Å². The van der Waals surface area contributed by atoms with E-state index in [0.29, 0.717) is 0 Å². The summed E-state index contributed by atoms with van der Waals surface area (Å²) in [5.74, 6) is 1.95. The first-order chi connectivity index (χ1) is 16.2. The van der Waals surface area contributed by atoms with Crippen LogP contribution in [0.1, 0.15) is 44.1 Å². The van der Waals surface area contributed by atoms with Gasteiger partial charge in [0.25, 0.3) is 0 Å². The first-order valence-electron chi connectivity index (χ1n) is 12.0. The summed E-state index contributed by atoms with van der Waals surface area (Å²) in [7, 11) is 1.66. The summed E-state index contributed by atoms with van der Waals surface area (Å²) in [4.78, 5) is 23.5. The summed E-state index contributed by atoms with van der Waals surface area (Å²) in [5, 5.41) is 3.20. The number of aromatic amines is 1. The van der Waals surface area contributed by atoms with Crippen LogP contribution in [0.25, 0.3) is 11.1 Å². The first kappa shape index (κ1) is 23.1. The zero-order valence-corrected chi connectivity index (χ0v) is 19.6. The van der Waals surface area contributed by atoms with Gasteiger partial charge in [-0.3, -0.25) is 9.69 Å². The van der Waals surface area contributed by atoms with E-state index in [2.05, 4.69) is 27.1 Å². The lowest BCUT2D eigenvalue weighted by atomic mass is 9.96. The fourth-order valence-electron chi connectivity index (χ4n) is 4.46. The van der Waals surface area contributed by atoms with E-state index >= 15 is 0 Å². The molecule has 1 saturated heterocycles. The molecule has 0 bridgehead atoms. The number of methoxy groups -OCH3 is 1. The number of ether oxygens (including phenoxy) is 1. The standard InChI is InChI=1S/C27H34N4O2/c1-3-4-11-26-28-17-22(29-26)19-31-16-7-8-21(18-31)27(32)30-25-10-6-5-9-24(25)20-12-14-23(33-2)15-13-20/h5-6,9-10,12-15,17,21H,3-4,7-8,11,16,18-19H2,1-2H3,(H,28,29)(H,30,32)/t21-/m1/s1. The Morgan fingerprint density at radius 3 is 2.82 bits per heavy atom. The number of hydrogen-bond donors (Lipinski definition) is 2. The minimum Gasteiger partial charge on any atom is -0.497 e. The van der Waals surface area contributed by atoms with Gasteiger partial charge in [0.1, 0.15) is 11.6 Å². The van der Waals surface area contributed by atoms with Gasteiger partial charge in [0.05, 0.1) is 13.0 Å². The van der Waals surface area contributed by atoms with Gasteiger partial charge < -0.3 is 15.0 Å². The first-order valence-corrected chi connectivity index (χ1v) is 12.0. The number of carbonyl (C=O) groups is 1. The highest BCUT2D eigenvalue weighted by Gasteiger charge is 2.26. The van der Waals surface area contributed by atoms with Gasteiger partial charge in [0.2, 0.25) is 5.91 Å². The van der Waals surface area contributed by atoms with Gasteiger partial charge in [0, 0.05) is 42.7 Å². The number of para-hydroxylation sites is 1. The predicted molar refractivity (Wildman–Crippen MR) is 132 cm³/mol. The van der Waals surface area contributed by atoms with Gasteiger partial charge >= 0.3 is 0 Å². The van der Waals surface area contributed by atoms with E-state index in [-0.39, 0.29) is 11.8 Å². The summed E-state index contributed by atoms with van der Waals surface area (Å²) in [6.07, 6.45) is 7.19. The number of likely N-dealkylation sites (tertiary alicyclic amines) is 1. The Labute approximate surface area is 196 Å².